The average Bonchev–Trinajstić information content (AvgIpc) is 2.97. The highest BCUT2D eigenvalue weighted by molar-refractivity contribution is 14.0. The van der Waals surface area contributed by atoms with Gasteiger partial charge in [0.05, 0.1) is 6.54 Å². The summed E-state index contributed by atoms with van der Waals surface area (Å²) in [7, 11) is 0. The zero-order chi connectivity index (χ0) is 18.0. The summed E-state index contributed by atoms with van der Waals surface area (Å²) in [6.07, 6.45) is 9.07. The van der Waals surface area contributed by atoms with Gasteiger partial charge in [-0.2, -0.15) is 0 Å². The maximum atomic E-state index is 4.90. The molecule has 0 radical (unpaired) electrons. The lowest BCUT2D eigenvalue weighted by Gasteiger charge is -2.36. The summed E-state index contributed by atoms with van der Waals surface area (Å²) in [4.78, 5) is 20.8. The number of rotatable bonds is 5. The number of hydrogen-bond acceptors (Lipinski definition) is 5. The van der Waals surface area contributed by atoms with Gasteiger partial charge in [0.15, 0.2) is 5.96 Å². The predicted molar refractivity (Wildman–Crippen MR) is 122 cm³/mol. The van der Waals surface area contributed by atoms with Crippen LogP contribution < -0.4 is 10.2 Å². The summed E-state index contributed by atoms with van der Waals surface area (Å²) in [5.74, 6) is 1.88. The van der Waals surface area contributed by atoms with E-state index < -0.39 is 0 Å². The summed E-state index contributed by atoms with van der Waals surface area (Å²) in [5, 5.41) is 3.46. The second kappa shape index (κ2) is 12.3. The Kier molecular flexibility index (Phi) is 10.1. The fraction of sp³-hybridized carbons (Fsp3) is 0.737. The van der Waals surface area contributed by atoms with Crippen molar-refractivity contribution >= 4 is 35.9 Å². The van der Waals surface area contributed by atoms with Gasteiger partial charge < -0.3 is 20.0 Å². The largest absolute Gasteiger partial charge is 0.357 e. The van der Waals surface area contributed by atoms with Gasteiger partial charge in [-0.25, -0.2) is 9.97 Å². The molecule has 3 heterocycles. The molecule has 0 atom stereocenters. The first kappa shape index (κ1) is 22.1. The maximum absolute atomic E-state index is 4.90. The molecule has 7 nitrogen and oxygen atoms in total. The Bertz CT molecular complexity index is 538. The first-order valence-corrected chi connectivity index (χ1v) is 10.1. The molecule has 3 rings (SSSR count). The molecule has 0 unspecified atom stereocenters. The van der Waals surface area contributed by atoms with E-state index in [1.165, 1.54) is 38.8 Å². The molecular formula is C19H34IN7. The minimum Gasteiger partial charge on any atom is -0.357 e. The molecule has 8 heteroatoms. The van der Waals surface area contributed by atoms with Crippen LogP contribution in [0, 0.1) is 0 Å². The molecule has 27 heavy (non-hydrogen) atoms. The van der Waals surface area contributed by atoms with Gasteiger partial charge in [-0.3, -0.25) is 4.99 Å². The Morgan fingerprint density at radius 1 is 1.00 bits per heavy atom. The van der Waals surface area contributed by atoms with Crippen molar-refractivity contribution < 1.29 is 0 Å². The van der Waals surface area contributed by atoms with E-state index in [1.807, 2.05) is 18.5 Å². The van der Waals surface area contributed by atoms with Crippen molar-refractivity contribution in [2.24, 2.45) is 4.99 Å². The van der Waals surface area contributed by atoms with Crippen molar-refractivity contribution in [2.75, 3.05) is 63.8 Å². The van der Waals surface area contributed by atoms with E-state index in [2.05, 4.69) is 36.9 Å². The van der Waals surface area contributed by atoms with Crippen molar-refractivity contribution in [2.45, 2.75) is 32.6 Å². The van der Waals surface area contributed by atoms with Crippen molar-refractivity contribution in [1.82, 2.24) is 25.1 Å². The summed E-state index contributed by atoms with van der Waals surface area (Å²) in [6.45, 7) is 11.2. The molecule has 2 fully saturated rings. The Morgan fingerprint density at radius 2 is 1.67 bits per heavy atom. The topological polar surface area (TPSA) is 59.9 Å². The van der Waals surface area contributed by atoms with Crippen LogP contribution in [0.15, 0.2) is 23.5 Å². The second-order valence-corrected chi connectivity index (χ2v) is 7.01. The Hall–Kier alpha value is -1.16. The molecule has 2 aliphatic heterocycles. The minimum atomic E-state index is 0. The molecule has 1 N–H and O–H groups in total. The van der Waals surface area contributed by atoms with Gasteiger partial charge >= 0.3 is 0 Å². The zero-order valence-electron chi connectivity index (χ0n) is 16.5. The second-order valence-electron chi connectivity index (χ2n) is 7.01. The Morgan fingerprint density at radius 3 is 2.30 bits per heavy atom. The molecule has 1 aromatic rings. The summed E-state index contributed by atoms with van der Waals surface area (Å²) in [5.41, 5.74) is 0. The van der Waals surface area contributed by atoms with E-state index in [9.17, 15) is 0 Å². The normalized spacial score (nSPS) is 19.4. The lowest BCUT2D eigenvalue weighted by Crippen LogP contribution is -2.53. The standard InChI is InChI=1S/C19H33N7.HI/c1-2-20-18(23-10-13-24-11-5-3-4-6-12-24)25-14-16-26(17-15-25)19-21-8-7-9-22-19;/h7-9H,2-6,10-17H2,1H3,(H,20,23);1H. The lowest BCUT2D eigenvalue weighted by atomic mass is 10.2. The number of anilines is 1. The van der Waals surface area contributed by atoms with Gasteiger partial charge in [-0.1, -0.05) is 12.8 Å². The number of hydrogen-bond donors (Lipinski definition) is 1. The number of aromatic nitrogens is 2. The SMILES string of the molecule is CCNC(=NCCN1CCCCCC1)N1CCN(c2ncccn2)CC1.I. The number of halogens is 1. The molecule has 0 aliphatic carbocycles. The highest BCUT2D eigenvalue weighted by Crippen LogP contribution is 2.11. The molecule has 0 saturated carbocycles. The third-order valence-corrected chi connectivity index (χ3v) is 5.13. The number of likely N-dealkylation sites (tertiary alicyclic amines) is 1. The van der Waals surface area contributed by atoms with Crippen LogP contribution in [0.3, 0.4) is 0 Å². The molecular weight excluding hydrogens is 453 g/mol. The molecule has 1 aromatic heterocycles. The number of guanidine groups is 1. The van der Waals surface area contributed by atoms with Crippen LogP contribution in [0.25, 0.3) is 0 Å². The van der Waals surface area contributed by atoms with Crippen molar-refractivity contribution in [3.8, 4) is 0 Å². The van der Waals surface area contributed by atoms with Crippen LogP contribution in [0.2, 0.25) is 0 Å². The Labute approximate surface area is 180 Å². The number of aliphatic imine (C=N–C) groups is 1. The van der Waals surface area contributed by atoms with Gasteiger partial charge in [0.25, 0.3) is 0 Å². The highest BCUT2D eigenvalue weighted by Gasteiger charge is 2.21. The van der Waals surface area contributed by atoms with Crippen LogP contribution in [0.1, 0.15) is 32.6 Å². The van der Waals surface area contributed by atoms with Crippen molar-refractivity contribution in [1.29, 1.82) is 0 Å². The van der Waals surface area contributed by atoms with Crippen molar-refractivity contribution in [3.63, 3.8) is 0 Å². The minimum absolute atomic E-state index is 0. The molecule has 0 aromatic carbocycles. The lowest BCUT2D eigenvalue weighted by molar-refractivity contribution is 0.292. The van der Waals surface area contributed by atoms with Crippen LogP contribution in [-0.2, 0) is 0 Å². The summed E-state index contributed by atoms with van der Waals surface area (Å²) >= 11 is 0. The summed E-state index contributed by atoms with van der Waals surface area (Å²) < 4.78 is 0. The first-order valence-electron chi connectivity index (χ1n) is 10.1. The number of nitrogens with zero attached hydrogens (tertiary/aromatic N) is 6. The molecule has 2 aliphatic rings. The van der Waals surface area contributed by atoms with Crippen LogP contribution >= 0.6 is 24.0 Å². The van der Waals surface area contributed by atoms with Gasteiger partial charge in [-0.15, -0.1) is 24.0 Å². The van der Waals surface area contributed by atoms with Crippen LogP contribution in [0.5, 0.6) is 0 Å². The van der Waals surface area contributed by atoms with Gasteiger partial charge in [0, 0.05) is 51.7 Å². The van der Waals surface area contributed by atoms with E-state index in [0.717, 1.165) is 57.7 Å². The fourth-order valence-electron chi connectivity index (χ4n) is 3.66. The quantitative estimate of drug-likeness (QED) is 0.390. The van der Waals surface area contributed by atoms with E-state index in [0.29, 0.717) is 0 Å². The van der Waals surface area contributed by atoms with E-state index >= 15 is 0 Å². The summed E-state index contributed by atoms with van der Waals surface area (Å²) in [6, 6.07) is 1.86. The molecule has 152 valence electrons. The van der Waals surface area contributed by atoms with E-state index in [1.54, 1.807) is 0 Å². The smallest absolute Gasteiger partial charge is 0.225 e. The van der Waals surface area contributed by atoms with Crippen LogP contribution in [-0.4, -0.2) is 84.6 Å². The third-order valence-electron chi connectivity index (χ3n) is 5.13. The number of nitrogens with one attached hydrogen (secondary N) is 1. The fourth-order valence-corrected chi connectivity index (χ4v) is 3.66. The first-order chi connectivity index (χ1) is 12.9. The van der Waals surface area contributed by atoms with E-state index in [4.69, 9.17) is 4.99 Å². The average molecular weight is 487 g/mol. The van der Waals surface area contributed by atoms with Gasteiger partial charge in [0.2, 0.25) is 5.95 Å². The highest BCUT2D eigenvalue weighted by atomic mass is 127. The van der Waals surface area contributed by atoms with E-state index in [-0.39, 0.29) is 24.0 Å². The molecule has 0 spiro atoms. The predicted octanol–water partition coefficient (Wildman–Crippen LogP) is 2.06. The van der Waals surface area contributed by atoms with Gasteiger partial charge in [-0.05, 0) is 38.9 Å². The Balaban J connectivity index is 0.00000261. The van der Waals surface area contributed by atoms with Crippen LogP contribution in [0.4, 0.5) is 5.95 Å². The molecule has 0 bridgehead atoms. The number of piperazine rings is 1. The van der Waals surface area contributed by atoms with Gasteiger partial charge in [0.1, 0.15) is 0 Å². The van der Waals surface area contributed by atoms with Crippen molar-refractivity contribution in [3.05, 3.63) is 18.5 Å². The zero-order valence-corrected chi connectivity index (χ0v) is 18.8. The third kappa shape index (κ3) is 7.06. The maximum Gasteiger partial charge on any atom is 0.225 e. The molecule has 2 saturated heterocycles. The molecule has 0 amide bonds. The monoisotopic (exact) mass is 487 g/mol.